The zero-order chi connectivity index (χ0) is 24.0. The molecular weight excluding hydrogens is 456 g/mol. The van der Waals surface area contributed by atoms with Gasteiger partial charge in [0, 0.05) is 23.7 Å². The van der Waals surface area contributed by atoms with Gasteiger partial charge in [-0.2, -0.15) is 0 Å². The minimum absolute atomic E-state index is 0.0670. The van der Waals surface area contributed by atoms with E-state index in [0.717, 1.165) is 19.3 Å². The van der Waals surface area contributed by atoms with Crippen molar-refractivity contribution in [3.63, 3.8) is 0 Å². The topological polar surface area (TPSA) is 84.0 Å². The van der Waals surface area contributed by atoms with Gasteiger partial charge in [-0.05, 0) is 73.7 Å². The Morgan fingerprint density at radius 2 is 1.56 bits per heavy atom. The number of amides is 3. The van der Waals surface area contributed by atoms with Crippen LogP contribution in [-0.2, 0) is 19.2 Å². The van der Waals surface area contributed by atoms with Crippen molar-refractivity contribution in [2.24, 2.45) is 23.7 Å². The lowest BCUT2D eigenvalue weighted by atomic mass is 9.76. The van der Waals surface area contributed by atoms with Gasteiger partial charge in [0.05, 0.1) is 23.4 Å². The molecule has 34 heavy (non-hydrogen) atoms. The molecule has 0 spiro atoms. The molecule has 2 aromatic rings. The normalized spacial score (nSPS) is 26.7. The molecule has 1 saturated carbocycles. The van der Waals surface area contributed by atoms with E-state index in [1.165, 1.54) is 4.90 Å². The number of ether oxygens (including phenoxy) is 1. The summed E-state index contributed by atoms with van der Waals surface area (Å²) in [5.41, 5.74) is 1.17. The van der Waals surface area contributed by atoms with Crippen LogP contribution < -0.4 is 14.5 Å². The van der Waals surface area contributed by atoms with E-state index in [9.17, 15) is 19.2 Å². The molecule has 2 saturated heterocycles. The summed E-state index contributed by atoms with van der Waals surface area (Å²) in [6.45, 7) is 2.35. The largest absolute Gasteiger partial charge is 0.426 e. The fraction of sp³-hybridized carbons (Fsp3) is 0.385. The minimum Gasteiger partial charge on any atom is -0.426 e. The lowest BCUT2D eigenvalue weighted by molar-refractivity contribution is -0.139. The van der Waals surface area contributed by atoms with Crippen LogP contribution in [0.4, 0.5) is 11.4 Å². The van der Waals surface area contributed by atoms with Crippen molar-refractivity contribution >= 4 is 46.7 Å². The van der Waals surface area contributed by atoms with E-state index < -0.39 is 11.9 Å². The SMILES string of the molecule is C[C@@H]1CC[C@@H]2C(=O)N(c3ccc(OC(=O)[C@@H]4CC(=O)N(c5ccc(Cl)cc5)C4)cc3)C(=O)[C@@H]2C1. The van der Waals surface area contributed by atoms with Crippen LogP contribution in [0.3, 0.4) is 0 Å². The third-order valence-corrected chi connectivity index (χ3v) is 7.35. The van der Waals surface area contributed by atoms with Crippen molar-refractivity contribution < 1.29 is 23.9 Å². The molecule has 176 valence electrons. The van der Waals surface area contributed by atoms with Crippen molar-refractivity contribution in [2.75, 3.05) is 16.3 Å². The number of fused-ring (bicyclic) bond motifs is 1. The number of rotatable bonds is 4. The summed E-state index contributed by atoms with van der Waals surface area (Å²) in [4.78, 5) is 53.7. The predicted molar refractivity (Wildman–Crippen MR) is 126 cm³/mol. The van der Waals surface area contributed by atoms with Gasteiger partial charge < -0.3 is 9.64 Å². The lowest BCUT2D eigenvalue weighted by Gasteiger charge is -2.25. The summed E-state index contributed by atoms with van der Waals surface area (Å²) < 4.78 is 5.50. The van der Waals surface area contributed by atoms with Gasteiger partial charge in [0.1, 0.15) is 5.75 Å². The van der Waals surface area contributed by atoms with Crippen LogP contribution in [0.1, 0.15) is 32.6 Å². The molecule has 2 aromatic carbocycles. The van der Waals surface area contributed by atoms with E-state index in [1.807, 2.05) is 0 Å². The van der Waals surface area contributed by atoms with Crippen LogP contribution >= 0.6 is 11.6 Å². The van der Waals surface area contributed by atoms with Gasteiger partial charge in [-0.25, -0.2) is 0 Å². The highest BCUT2D eigenvalue weighted by molar-refractivity contribution is 6.30. The van der Waals surface area contributed by atoms with Crippen LogP contribution in [0.15, 0.2) is 48.5 Å². The van der Waals surface area contributed by atoms with Gasteiger partial charge in [-0.1, -0.05) is 18.5 Å². The molecule has 1 aliphatic carbocycles. The highest BCUT2D eigenvalue weighted by Crippen LogP contribution is 2.42. The number of imide groups is 1. The molecule has 3 amide bonds. The fourth-order valence-corrected chi connectivity index (χ4v) is 5.37. The maximum absolute atomic E-state index is 12.9. The standard InChI is InChI=1S/C26H25ClN2O5/c1-15-2-11-21-22(12-15)25(32)29(24(21)31)19-7-9-20(10-8-19)34-26(33)16-13-23(30)28(14-16)18-5-3-17(27)4-6-18/h3-10,15-16,21-22H,2,11-14H2,1H3/t15-,16-,21+,22-/m1/s1. The van der Waals surface area contributed by atoms with Crippen LogP contribution in [0, 0.1) is 23.7 Å². The summed E-state index contributed by atoms with van der Waals surface area (Å²) in [6, 6.07) is 13.3. The molecule has 3 fully saturated rings. The first-order valence-corrected chi connectivity index (χ1v) is 11.9. The van der Waals surface area contributed by atoms with Crippen molar-refractivity contribution in [1.29, 1.82) is 0 Å². The highest BCUT2D eigenvalue weighted by Gasteiger charge is 2.50. The van der Waals surface area contributed by atoms with Gasteiger partial charge in [0.15, 0.2) is 0 Å². The molecule has 3 aliphatic rings. The molecular formula is C26H25ClN2O5. The predicted octanol–water partition coefficient (Wildman–Crippen LogP) is 4.22. The van der Waals surface area contributed by atoms with Crippen molar-refractivity contribution in [2.45, 2.75) is 32.6 Å². The quantitative estimate of drug-likeness (QED) is 0.371. The lowest BCUT2D eigenvalue weighted by Crippen LogP contribution is -2.30. The monoisotopic (exact) mass is 480 g/mol. The zero-order valence-corrected chi connectivity index (χ0v) is 19.5. The number of nitrogens with zero attached hydrogens (tertiary/aromatic N) is 2. The molecule has 8 heteroatoms. The average molecular weight is 481 g/mol. The summed E-state index contributed by atoms with van der Waals surface area (Å²) in [7, 11) is 0. The van der Waals surface area contributed by atoms with Crippen molar-refractivity contribution in [1.82, 2.24) is 0 Å². The number of carbonyl (C=O) groups excluding carboxylic acids is 4. The first-order chi connectivity index (χ1) is 16.3. The number of carbonyl (C=O) groups is 4. The van der Waals surface area contributed by atoms with E-state index in [-0.39, 0.29) is 42.5 Å². The van der Waals surface area contributed by atoms with Gasteiger partial charge in [0.2, 0.25) is 17.7 Å². The summed E-state index contributed by atoms with van der Waals surface area (Å²) in [5, 5.41) is 0.570. The van der Waals surface area contributed by atoms with E-state index >= 15 is 0 Å². The fourth-order valence-electron chi connectivity index (χ4n) is 5.24. The zero-order valence-electron chi connectivity index (χ0n) is 18.8. The van der Waals surface area contributed by atoms with Crippen LogP contribution in [0.5, 0.6) is 5.75 Å². The molecule has 4 atom stereocenters. The van der Waals surface area contributed by atoms with E-state index in [1.54, 1.807) is 53.4 Å². The molecule has 5 rings (SSSR count). The molecule has 0 aromatic heterocycles. The Bertz CT molecular complexity index is 1150. The second-order valence-electron chi connectivity index (χ2n) is 9.44. The Kier molecular flexibility index (Phi) is 5.90. The Balaban J connectivity index is 1.24. The number of halogens is 1. The number of benzene rings is 2. The van der Waals surface area contributed by atoms with Gasteiger partial charge in [-0.3, -0.25) is 24.1 Å². The second-order valence-corrected chi connectivity index (χ2v) is 9.88. The van der Waals surface area contributed by atoms with E-state index in [4.69, 9.17) is 16.3 Å². The third-order valence-electron chi connectivity index (χ3n) is 7.10. The van der Waals surface area contributed by atoms with Gasteiger partial charge in [-0.15, -0.1) is 0 Å². The van der Waals surface area contributed by atoms with Gasteiger partial charge >= 0.3 is 5.97 Å². The molecule has 0 radical (unpaired) electrons. The van der Waals surface area contributed by atoms with Crippen LogP contribution in [0.25, 0.3) is 0 Å². The first kappa shape index (κ1) is 22.6. The maximum Gasteiger partial charge on any atom is 0.316 e. The molecule has 0 N–H and O–H groups in total. The molecule has 2 heterocycles. The summed E-state index contributed by atoms with van der Waals surface area (Å²) in [6.07, 6.45) is 2.52. The minimum atomic E-state index is -0.588. The molecule has 0 bridgehead atoms. The average Bonchev–Trinajstić information content (AvgIpc) is 3.32. The molecule has 7 nitrogen and oxygen atoms in total. The van der Waals surface area contributed by atoms with E-state index in [0.29, 0.717) is 28.1 Å². The Morgan fingerprint density at radius 1 is 0.912 bits per heavy atom. The second kappa shape index (κ2) is 8.87. The number of hydrogen-bond donors (Lipinski definition) is 0. The summed E-state index contributed by atoms with van der Waals surface area (Å²) >= 11 is 5.91. The molecule has 0 unspecified atom stereocenters. The van der Waals surface area contributed by atoms with E-state index in [2.05, 4.69) is 6.92 Å². The Labute approximate surface area is 202 Å². The smallest absolute Gasteiger partial charge is 0.316 e. The Morgan fingerprint density at radius 3 is 2.26 bits per heavy atom. The third kappa shape index (κ3) is 4.09. The van der Waals surface area contributed by atoms with Gasteiger partial charge in [0.25, 0.3) is 0 Å². The first-order valence-electron chi connectivity index (χ1n) is 11.6. The number of anilines is 2. The number of esters is 1. The molecule has 2 aliphatic heterocycles. The van der Waals surface area contributed by atoms with Crippen molar-refractivity contribution in [3.8, 4) is 5.75 Å². The maximum atomic E-state index is 12.9. The van der Waals surface area contributed by atoms with Crippen LogP contribution in [0.2, 0.25) is 5.02 Å². The number of hydrogen-bond acceptors (Lipinski definition) is 5. The summed E-state index contributed by atoms with van der Waals surface area (Å²) in [5.74, 6) is -1.24. The highest BCUT2D eigenvalue weighted by atomic mass is 35.5. The van der Waals surface area contributed by atoms with Crippen LogP contribution in [-0.4, -0.2) is 30.2 Å². The van der Waals surface area contributed by atoms with Crippen molar-refractivity contribution in [3.05, 3.63) is 53.6 Å². The Hall–Kier alpha value is -3.19.